The zero-order chi connectivity index (χ0) is 19.1. The maximum atomic E-state index is 11.4. The first kappa shape index (κ1) is 18.2. The number of carboxylic acids is 1. The van der Waals surface area contributed by atoms with E-state index in [9.17, 15) is 15.2 Å². The molecule has 0 spiro atoms. The maximum Gasteiger partial charge on any atom is 0.337 e. The van der Waals surface area contributed by atoms with Gasteiger partial charge in [0.1, 0.15) is 11.8 Å². The van der Waals surface area contributed by atoms with Crippen LogP contribution in [0, 0.1) is 11.3 Å². The zero-order valence-electron chi connectivity index (χ0n) is 14.6. The normalized spacial score (nSPS) is 10.2. The summed E-state index contributed by atoms with van der Waals surface area (Å²) in [4.78, 5) is 15.5. The lowest BCUT2D eigenvalue weighted by molar-refractivity contribution is 0.0697. The summed E-state index contributed by atoms with van der Waals surface area (Å²) in [5.74, 6) is -0.569. The molecule has 0 aliphatic carbocycles. The van der Waals surface area contributed by atoms with Gasteiger partial charge in [-0.25, -0.2) is 4.79 Å². The maximum absolute atomic E-state index is 11.4. The molecule has 3 rings (SSSR count). The van der Waals surface area contributed by atoms with Crippen LogP contribution in [0.3, 0.4) is 0 Å². The molecule has 5 heteroatoms. The number of carboxylic acid groups (broad SMARTS) is 1. The summed E-state index contributed by atoms with van der Waals surface area (Å²) in [7, 11) is 0. The van der Waals surface area contributed by atoms with Crippen molar-refractivity contribution in [3.8, 4) is 23.1 Å². The van der Waals surface area contributed by atoms with Crippen LogP contribution in [0.1, 0.15) is 27.9 Å². The van der Waals surface area contributed by atoms with E-state index in [4.69, 9.17) is 4.74 Å². The van der Waals surface area contributed by atoms with Crippen molar-refractivity contribution in [2.75, 3.05) is 6.61 Å². The number of nitriles is 1. The third-order valence-corrected chi connectivity index (χ3v) is 4.12. The smallest absolute Gasteiger partial charge is 0.337 e. The molecule has 0 fully saturated rings. The summed E-state index contributed by atoms with van der Waals surface area (Å²) in [6.45, 7) is 0.493. The molecule has 0 aliphatic heterocycles. The van der Waals surface area contributed by atoms with Gasteiger partial charge < -0.3 is 9.84 Å². The number of aromatic carboxylic acids is 1. The van der Waals surface area contributed by atoms with E-state index in [-0.39, 0.29) is 5.56 Å². The van der Waals surface area contributed by atoms with Crippen LogP contribution in [-0.2, 0) is 6.42 Å². The average Bonchev–Trinajstić information content (AvgIpc) is 2.72. The molecule has 134 valence electrons. The molecule has 2 aromatic carbocycles. The number of rotatable bonds is 7. The van der Waals surface area contributed by atoms with Crippen LogP contribution in [0.5, 0.6) is 5.75 Å². The number of aromatic nitrogens is 1. The van der Waals surface area contributed by atoms with Gasteiger partial charge in [-0.05, 0) is 48.7 Å². The topological polar surface area (TPSA) is 83.2 Å². The molecule has 0 saturated carbocycles. The predicted octanol–water partition coefficient (Wildman–Crippen LogP) is 4.33. The summed E-state index contributed by atoms with van der Waals surface area (Å²) < 4.78 is 5.76. The fourth-order valence-corrected chi connectivity index (χ4v) is 2.80. The Balaban J connectivity index is 1.72. The number of ether oxygens (including phenoxy) is 1. The van der Waals surface area contributed by atoms with Crippen LogP contribution >= 0.6 is 0 Å². The van der Waals surface area contributed by atoms with Crippen molar-refractivity contribution in [2.45, 2.75) is 12.8 Å². The minimum atomic E-state index is -1.06. The van der Waals surface area contributed by atoms with Crippen LogP contribution in [0.2, 0.25) is 0 Å². The van der Waals surface area contributed by atoms with E-state index in [1.54, 1.807) is 24.3 Å². The monoisotopic (exact) mass is 358 g/mol. The Hall–Kier alpha value is -3.65. The molecular weight excluding hydrogens is 340 g/mol. The Bertz CT molecular complexity index is 978. The van der Waals surface area contributed by atoms with Crippen molar-refractivity contribution in [1.29, 1.82) is 5.26 Å². The standard InChI is InChI=1S/C22H18N2O3/c23-15-18-14-17(21-19(22(25)26)9-4-12-24-21)10-11-20(18)27-13-5-8-16-6-2-1-3-7-16/h1-4,6-7,9-12,14H,5,8,13H2,(H,25,26). The van der Waals surface area contributed by atoms with Gasteiger partial charge in [-0.3, -0.25) is 4.98 Å². The summed E-state index contributed by atoms with van der Waals surface area (Å²) in [6, 6.07) is 20.3. The molecular formula is C22H18N2O3. The highest BCUT2D eigenvalue weighted by Crippen LogP contribution is 2.27. The summed E-state index contributed by atoms with van der Waals surface area (Å²) >= 11 is 0. The highest BCUT2D eigenvalue weighted by atomic mass is 16.5. The Morgan fingerprint density at radius 1 is 1.11 bits per heavy atom. The molecule has 0 radical (unpaired) electrons. The van der Waals surface area contributed by atoms with Gasteiger partial charge in [-0.15, -0.1) is 0 Å². The van der Waals surface area contributed by atoms with Gasteiger partial charge in [0.2, 0.25) is 0 Å². The predicted molar refractivity (Wildman–Crippen MR) is 102 cm³/mol. The van der Waals surface area contributed by atoms with Gasteiger partial charge in [-0.1, -0.05) is 30.3 Å². The number of carbonyl (C=O) groups is 1. The molecule has 0 amide bonds. The van der Waals surface area contributed by atoms with Crippen molar-refractivity contribution in [3.05, 3.63) is 83.6 Å². The second kappa shape index (κ2) is 8.63. The summed E-state index contributed by atoms with van der Waals surface area (Å²) in [5, 5.41) is 18.8. The second-order valence-corrected chi connectivity index (χ2v) is 5.97. The number of pyridine rings is 1. The lowest BCUT2D eigenvalue weighted by Crippen LogP contribution is -2.03. The van der Waals surface area contributed by atoms with E-state index in [1.165, 1.54) is 17.8 Å². The van der Waals surface area contributed by atoms with E-state index in [0.29, 0.717) is 29.2 Å². The van der Waals surface area contributed by atoms with Gasteiger partial charge >= 0.3 is 5.97 Å². The van der Waals surface area contributed by atoms with Crippen LogP contribution in [0.4, 0.5) is 0 Å². The fourth-order valence-electron chi connectivity index (χ4n) is 2.80. The lowest BCUT2D eigenvalue weighted by atomic mass is 10.0. The SMILES string of the molecule is N#Cc1cc(-c2ncccc2C(=O)O)ccc1OCCCc1ccccc1. The molecule has 0 atom stereocenters. The molecule has 0 aliphatic rings. The lowest BCUT2D eigenvalue weighted by Gasteiger charge is -2.10. The highest BCUT2D eigenvalue weighted by Gasteiger charge is 2.14. The van der Waals surface area contributed by atoms with Crippen LogP contribution in [0.15, 0.2) is 66.9 Å². The number of hydrogen-bond acceptors (Lipinski definition) is 4. The summed E-state index contributed by atoms with van der Waals surface area (Å²) in [5.41, 5.74) is 2.60. The average molecular weight is 358 g/mol. The van der Waals surface area contributed by atoms with Crippen molar-refractivity contribution < 1.29 is 14.6 Å². The minimum Gasteiger partial charge on any atom is -0.492 e. The third kappa shape index (κ3) is 4.50. The third-order valence-electron chi connectivity index (χ3n) is 4.12. The highest BCUT2D eigenvalue weighted by molar-refractivity contribution is 5.94. The van der Waals surface area contributed by atoms with E-state index in [1.807, 2.05) is 18.2 Å². The van der Waals surface area contributed by atoms with E-state index < -0.39 is 5.97 Å². The Kier molecular flexibility index (Phi) is 5.80. The first-order valence-corrected chi connectivity index (χ1v) is 8.58. The largest absolute Gasteiger partial charge is 0.492 e. The van der Waals surface area contributed by atoms with Crippen molar-refractivity contribution in [2.24, 2.45) is 0 Å². The van der Waals surface area contributed by atoms with Crippen LogP contribution < -0.4 is 4.74 Å². The quantitative estimate of drug-likeness (QED) is 0.636. The van der Waals surface area contributed by atoms with Crippen molar-refractivity contribution in [1.82, 2.24) is 4.98 Å². The number of hydrogen-bond donors (Lipinski definition) is 1. The Morgan fingerprint density at radius 2 is 1.93 bits per heavy atom. The van der Waals surface area contributed by atoms with Gasteiger partial charge in [0.25, 0.3) is 0 Å². The van der Waals surface area contributed by atoms with Gasteiger partial charge in [0.15, 0.2) is 0 Å². The molecule has 1 heterocycles. The molecule has 1 aromatic heterocycles. The molecule has 0 bridgehead atoms. The number of benzene rings is 2. The Morgan fingerprint density at radius 3 is 2.67 bits per heavy atom. The van der Waals surface area contributed by atoms with E-state index in [0.717, 1.165) is 12.8 Å². The molecule has 1 N–H and O–H groups in total. The van der Waals surface area contributed by atoms with Gasteiger partial charge in [-0.2, -0.15) is 5.26 Å². The van der Waals surface area contributed by atoms with Gasteiger partial charge in [0.05, 0.1) is 23.4 Å². The van der Waals surface area contributed by atoms with E-state index >= 15 is 0 Å². The van der Waals surface area contributed by atoms with E-state index in [2.05, 4.69) is 23.2 Å². The second-order valence-electron chi connectivity index (χ2n) is 5.97. The number of nitrogens with zero attached hydrogens (tertiary/aromatic N) is 2. The van der Waals surface area contributed by atoms with Crippen LogP contribution in [0.25, 0.3) is 11.3 Å². The molecule has 0 unspecified atom stereocenters. The molecule has 27 heavy (non-hydrogen) atoms. The van der Waals surface area contributed by atoms with Gasteiger partial charge in [0, 0.05) is 11.8 Å². The fraction of sp³-hybridized carbons (Fsp3) is 0.136. The van der Waals surface area contributed by atoms with Crippen molar-refractivity contribution in [3.63, 3.8) is 0 Å². The van der Waals surface area contributed by atoms with Crippen LogP contribution in [-0.4, -0.2) is 22.7 Å². The number of aryl methyl sites for hydroxylation is 1. The molecule has 0 saturated heterocycles. The Labute approximate surface area is 157 Å². The molecule has 3 aromatic rings. The summed E-state index contributed by atoms with van der Waals surface area (Å²) in [6.07, 6.45) is 3.26. The minimum absolute atomic E-state index is 0.0953. The van der Waals surface area contributed by atoms with Crippen molar-refractivity contribution >= 4 is 5.97 Å². The molecule has 5 nitrogen and oxygen atoms in total. The zero-order valence-corrected chi connectivity index (χ0v) is 14.6. The first-order valence-electron chi connectivity index (χ1n) is 8.58. The first-order chi connectivity index (χ1) is 13.2.